The van der Waals surface area contributed by atoms with E-state index in [4.69, 9.17) is 26.1 Å². The minimum absolute atomic E-state index is 0.545. The number of methoxy groups -OCH3 is 2. The first-order valence-corrected chi connectivity index (χ1v) is 12.7. The predicted molar refractivity (Wildman–Crippen MR) is 147 cm³/mol. The highest BCUT2D eigenvalue weighted by Gasteiger charge is 2.42. The highest BCUT2D eigenvalue weighted by molar-refractivity contribution is 6.33. The van der Waals surface area contributed by atoms with Gasteiger partial charge in [0.15, 0.2) is 11.5 Å². The molecule has 0 spiro atoms. The Morgan fingerprint density at radius 1 is 0.917 bits per heavy atom. The molecule has 36 heavy (non-hydrogen) atoms. The number of halogens is 1. The molecule has 1 aromatic heterocycles. The molecule has 0 aliphatic rings. The number of hydrogen-bond acceptors (Lipinski definition) is 4. The van der Waals surface area contributed by atoms with E-state index in [0.717, 1.165) is 30.9 Å². The maximum atomic E-state index is 6.99. The quantitative estimate of drug-likeness (QED) is 0.223. The summed E-state index contributed by atoms with van der Waals surface area (Å²) in [6.07, 6.45) is 6.55. The Morgan fingerprint density at radius 3 is 2.06 bits per heavy atom. The van der Waals surface area contributed by atoms with Crippen LogP contribution in [0.25, 0.3) is 0 Å². The topological polar surface area (TPSA) is 39.5 Å². The van der Waals surface area contributed by atoms with Crippen molar-refractivity contribution in [2.24, 2.45) is 7.05 Å². The molecular formula is C30H34ClN3O2. The van der Waals surface area contributed by atoms with Gasteiger partial charge >= 0.3 is 0 Å². The van der Waals surface area contributed by atoms with Crippen molar-refractivity contribution >= 4 is 17.5 Å². The van der Waals surface area contributed by atoms with Gasteiger partial charge in [-0.2, -0.15) is 0 Å². The second-order valence-corrected chi connectivity index (χ2v) is 9.26. The Kier molecular flexibility index (Phi) is 8.21. The summed E-state index contributed by atoms with van der Waals surface area (Å²) in [6.45, 7) is 3.05. The zero-order valence-corrected chi connectivity index (χ0v) is 22.2. The third-order valence-electron chi connectivity index (χ3n) is 6.75. The zero-order chi connectivity index (χ0) is 25.5. The average molecular weight is 504 g/mol. The Labute approximate surface area is 219 Å². The van der Waals surface area contributed by atoms with Crippen LogP contribution in [0.4, 0.5) is 5.95 Å². The first-order chi connectivity index (χ1) is 17.6. The number of unbranched alkanes of at least 4 members (excludes halogenated alkanes) is 1. The Hall–Kier alpha value is -3.44. The van der Waals surface area contributed by atoms with Gasteiger partial charge < -0.3 is 18.9 Å². The maximum absolute atomic E-state index is 6.99. The third kappa shape index (κ3) is 4.80. The van der Waals surface area contributed by atoms with Crippen LogP contribution in [0.5, 0.6) is 11.5 Å². The van der Waals surface area contributed by atoms with E-state index >= 15 is 0 Å². The van der Waals surface area contributed by atoms with E-state index in [2.05, 4.69) is 77.1 Å². The van der Waals surface area contributed by atoms with Crippen LogP contribution < -0.4 is 14.4 Å². The molecule has 0 unspecified atom stereocenters. The monoisotopic (exact) mass is 503 g/mol. The standard InChI is InChI=1S/C30H34ClN3O2/c1-5-6-20-34(29-32-19-21-33(29)2)30(24-13-9-7-10-14-24,25-15-11-8-12-16-25)22-23-17-18-26(35-3)28(36-4)27(23)31/h7-19,21H,5-6,20,22H2,1-4H3. The van der Waals surface area contributed by atoms with E-state index in [1.54, 1.807) is 14.2 Å². The molecule has 0 saturated carbocycles. The molecule has 0 bridgehead atoms. The third-order valence-corrected chi connectivity index (χ3v) is 7.16. The number of rotatable bonds is 11. The van der Waals surface area contributed by atoms with Crippen LogP contribution in [0, 0.1) is 0 Å². The van der Waals surface area contributed by atoms with Crippen molar-refractivity contribution in [2.45, 2.75) is 31.7 Å². The molecule has 5 nitrogen and oxygen atoms in total. The van der Waals surface area contributed by atoms with E-state index in [1.807, 2.05) is 31.6 Å². The first-order valence-electron chi connectivity index (χ1n) is 12.3. The van der Waals surface area contributed by atoms with E-state index in [-0.39, 0.29) is 0 Å². The highest BCUT2D eigenvalue weighted by atomic mass is 35.5. The van der Waals surface area contributed by atoms with Crippen LogP contribution in [0.3, 0.4) is 0 Å². The number of aryl methyl sites for hydroxylation is 1. The van der Waals surface area contributed by atoms with Gasteiger partial charge in [0.25, 0.3) is 0 Å². The van der Waals surface area contributed by atoms with Crippen LogP contribution in [0.1, 0.15) is 36.5 Å². The lowest BCUT2D eigenvalue weighted by atomic mass is 9.76. The van der Waals surface area contributed by atoms with Gasteiger partial charge in [-0.15, -0.1) is 0 Å². The normalized spacial score (nSPS) is 11.4. The van der Waals surface area contributed by atoms with Gasteiger partial charge in [-0.05, 0) is 29.2 Å². The van der Waals surface area contributed by atoms with E-state index < -0.39 is 5.54 Å². The Bertz CT molecular complexity index is 1220. The van der Waals surface area contributed by atoms with Gasteiger partial charge in [-0.1, -0.05) is 91.7 Å². The number of nitrogens with zero attached hydrogens (tertiary/aromatic N) is 3. The molecule has 0 radical (unpaired) electrons. The highest BCUT2D eigenvalue weighted by Crippen LogP contribution is 2.45. The van der Waals surface area contributed by atoms with Crippen LogP contribution >= 0.6 is 11.6 Å². The van der Waals surface area contributed by atoms with Crippen molar-refractivity contribution in [3.05, 3.63) is 107 Å². The second-order valence-electron chi connectivity index (χ2n) is 8.89. The molecule has 0 aliphatic carbocycles. The second kappa shape index (κ2) is 11.5. The molecule has 0 atom stereocenters. The maximum Gasteiger partial charge on any atom is 0.206 e. The summed E-state index contributed by atoms with van der Waals surface area (Å²) in [5, 5.41) is 0.559. The SMILES string of the molecule is CCCCN(c1nccn1C)C(Cc1ccc(OC)c(OC)c1Cl)(c1ccccc1)c1ccccc1. The fraction of sp³-hybridized carbons (Fsp3) is 0.300. The molecule has 0 saturated heterocycles. The lowest BCUT2D eigenvalue weighted by molar-refractivity contribution is 0.354. The number of aromatic nitrogens is 2. The molecular weight excluding hydrogens is 470 g/mol. The number of anilines is 1. The zero-order valence-electron chi connectivity index (χ0n) is 21.4. The molecule has 0 aliphatic heterocycles. The van der Waals surface area contributed by atoms with E-state index in [0.29, 0.717) is 22.9 Å². The van der Waals surface area contributed by atoms with Crippen LogP contribution in [0.2, 0.25) is 5.02 Å². The molecule has 1 heterocycles. The molecule has 4 aromatic rings. The van der Waals surface area contributed by atoms with Crippen LogP contribution in [0.15, 0.2) is 85.2 Å². The minimum Gasteiger partial charge on any atom is -0.493 e. The van der Waals surface area contributed by atoms with Crippen LogP contribution in [-0.4, -0.2) is 30.3 Å². The van der Waals surface area contributed by atoms with Gasteiger partial charge in [0.05, 0.1) is 24.8 Å². The molecule has 188 valence electrons. The largest absolute Gasteiger partial charge is 0.493 e. The van der Waals surface area contributed by atoms with Crippen molar-refractivity contribution in [2.75, 3.05) is 25.7 Å². The minimum atomic E-state index is -0.583. The van der Waals surface area contributed by atoms with Gasteiger partial charge in [0, 0.05) is 32.4 Å². The Morgan fingerprint density at radius 2 is 1.56 bits per heavy atom. The molecule has 0 fully saturated rings. The van der Waals surface area contributed by atoms with Crippen molar-refractivity contribution in [3.8, 4) is 11.5 Å². The van der Waals surface area contributed by atoms with E-state index in [1.165, 1.54) is 11.1 Å². The van der Waals surface area contributed by atoms with E-state index in [9.17, 15) is 0 Å². The molecule has 3 aromatic carbocycles. The summed E-state index contributed by atoms with van der Waals surface area (Å²) in [5.41, 5.74) is 2.72. The van der Waals surface area contributed by atoms with Gasteiger partial charge in [0.1, 0.15) is 0 Å². The van der Waals surface area contributed by atoms with Crippen molar-refractivity contribution in [1.29, 1.82) is 0 Å². The average Bonchev–Trinajstić information content (AvgIpc) is 3.35. The summed E-state index contributed by atoms with van der Waals surface area (Å²) >= 11 is 6.99. The smallest absolute Gasteiger partial charge is 0.206 e. The molecule has 6 heteroatoms. The summed E-state index contributed by atoms with van der Waals surface area (Å²) < 4.78 is 13.3. The summed E-state index contributed by atoms with van der Waals surface area (Å²) in [4.78, 5) is 7.26. The van der Waals surface area contributed by atoms with Crippen LogP contribution in [-0.2, 0) is 19.0 Å². The summed E-state index contributed by atoms with van der Waals surface area (Å²) in [7, 11) is 5.29. The van der Waals surface area contributed by atoms with Gasteiger partial charge in [-0.25, -0.2) is 4.98 Å². The molecule has 0 N–H and O–H groups in total. The van der Waals surface area contributed by atoms with Crippen molar-refractivity contribution in [1.82, 2.24) is 9.55 Å². The fourth-order valence-electron chi connectivity index (χ4n) is 4.94. The van der Waals surface area contributed by atoms with Gasteiger partial charge in [0.2, 0.25) is 5.95 Å². The number of ether oxygens (including phenoxy) is 2. The van der Waals surface area contributed by atoms with Crippen molar-refractivity contribution in [3.63, 3.8) is 0 Å². The number of benzene rings is 3. The molecule has 0 amide bonds. The lowest BCUT2D eigenvalue weighted by Crippen LogP contribution is -2.50. The Balaban J connectivity index is 2.04. The number of hydrogen-bond donors (Lipinski definition) is 0. The first kappa shape index (κ1) is 25.6. The fourth-order valence-corrected chi connectivity index (χ4v) is 5.24. The summed E-state index contributed by atoms with van der Waals surface area (Å²) in [5.74, 6) is 2.07. The summed E-state index contributed by atoms with van der Waals surface area (Å²) in [6, 6.07) is 25.3. The van der Waals surface area contributed by atoms with Gasteiger partial charge in [-0.3, -0.25) is 0 Å². The van der Waals surface area contributed by atoms with Crippen molar-refractivity contribution < 1.29 is 9.47 Å². The number of imidazole rings is 1. The molecule has 4 rings (SSSR count). The lowest BCUT2D eigenvalue weighted by Gasteiger charge is -2.46. The predicted octanol–water partition coefficient (Wildman–Crippen LogP) is 6.88.